The molecule has 3 rings (SSSR count). The monoisotopic (exact) mass is 574 g/mol. The lowest BCUT2D eigenvalue weighted by Gasteiger charge is -2.14. The van der Waals surface area contributed by atoms with Gasteiger partial charge in [0.25, 0.3) is 0 Å². The molecule has 0 bridgehead atoms. The molecule has 3 atom stereocenters. The number of nitrogens with one attached hydrogen (secondary N) is 1. The van der Waals surface area contributed by atoms with Gasteiger partial charge in [0, 0.05) is 11.1 Å². The molecule has 218 valence electrons. The largest absolute Gasteiger partial charge is 0.483 e. The van der Waals surface area contributed by atoms with Gasteiger partial charge in [0.1, 0.15) is 11.6 Å². The van der Waals surface area contributed by atoms with E-state index in [2.05, 4.69) is 22.0 Å². The lowest BCUT2D eigenvalue weighted by atomic mass is 10.1. The predicted molar refractivity (Wildman–Crippen MR) is 145 cm³/mol. The Morgan fingerprint density at radius 2 is 1.79 bits per heavy atom. The number of nitrogens with zero attached hydrogens (tertiary/aromatic N) is 1. The number of hydrogen-bond acceptors (Lipinski definition) is 4. The van der Waals surface area contributed by atoms with Crippen LogP contribution >= 0.6 is 11.6 Å². The molecule has 0 radical (unpaired) electrons. The molecule has 1 aliphatic carbocycles. The molecule has 0 saturated heterocycles. The average Bonchev–Trinajstić information content (AvgIpc) is 3.68. The van der Waals surface area contributed by atoms with Crippen LogP contribution in [-0.2, 0) is 4.79 Å². The van der Waals surface area contributed by atoms with Gasteiger partial charge >= 0.3 is 12.1 Å². The zero-order valence-corrected chi connectivity index (χ0v) is 23.3. The van der Waals surface area contributed by atoms with Crippen LogP contribution in [0.2, 0.25) is 5.02 Å². The van der Waals surface area contributed by atoms with Crippen molar-refractivity contribution in [3.8, 4) is 5.75 Å². The molecule has 1 aromatic carbocycles. The van der Waals surface area contributed by atoms with E-state index < -0.39 is 24.6 Å². The van der Waals surface area contributed by atoms with Crippen LogP contribution in [0, 0.1) is 11.7 Å². The number of aliphatic carboxylic acids is 1. The van der Waals surface area contributed by atoms with Crippen molar-refractivity contribution in [1.82, 2.24) is 10.3 Å². The lowest BCUT2D eigenvalue weighted by molar-refractivity contribution is -0.153. The van der Waals surface area contributed by atoms with E-state index in [0.29, 0.717) is 11.4 Å². The van der Waals surface area contributed by atoms with Crippen molar-refractivity contribution in [1.29, 1.82) is 0 Å². The number of halogens is 5. The Balaban J connectivity index is 0.000000318. The van der Waals surface area contributed by atoms with E-state index in [1.54, 1.807) is 12.1 Å². The summed E-state index contributed by atoms with van der Waals surface area (Å²) in [4.78, 5) is 14.8. The number of carbonyl (C=O) groups is 1. The first kappa shape index (κ1) is 32.8. The fourth-order valence-corrected chi connectivity index (χ4v) is 4.50. The minimum Gasteiger partial charge on any atom is -0.483 e. The maximum Gasteiger partial charge on any atom is 0.422 e. The zero-order valence-electron chi connectivity index (χ0n) is 22.6. The normalized spacial score (nSPS) is 17.2. The van der Waals surface area contributed by atoms with E-state index in [4.69, 9.17) is 16.7 Å². The number of ether oxygens (including phenoxy) is 1. The van der Waals surface area contributed by atoms with Gasteiger partial charge in [-0.3, -0.25) is 9.78 Å². The van der Waals surface area contributed by atoms with Crippen molar-refractivity contribution in [2.24, 2.45) is 5.92 Å². The highest BCUT2D eigenvalue weighted by molar-refractivity contribution is 6.31. The molecule has 1 aliphatic rings. The molecule has 10 heteroatoms. The van der Waals surface area contributed by atoms with E-state index in [-0.39, 0.29) is 23.6 Å². The SMILES string of the molecule is CCCCCCCCCCN[C@@H](C)c1ccc(OCC(F)(F)F)cn1.O=C(O)[C@H]1C[C@@H]1c1ccc(F)cc1Cl. The molecular weight excluding hydrogens is 536 g/mol. The van der Waals surface area contributed by atoms with E-state index in [0.717, 1.165) is 24.2 Å². The number of aromatic nitrogens is 1. The van der Waals surface area contributed by atoms with Crippen LogP contribution in [0.1, 0.15) is 94.9 Å². The zero-order chi connectivity index (χ0) is 28.8. The highest BCUT2D eigenvalue weighted by Crippen LogP contribution is 2.49. The summed E-state index contributed by atoms with van der Waals surface area (Å²) >= 11 is 5.80. The minimum atomic E-state index is -4.33. The molecule has 0 unspecified atom stereocenters. The Morgan fingerprint density at radius 3 is 2.33 bits per heavy atom. The van der Waals surface area contributed by atoms with E-state index in [1.165, 1.54) is 69.3 Å². The Morgan fingerprint density at radius 1 is 1.13 bits per heavy atom. The third-order valence-corrected chi connectivity index (χ3v) is 6.88. The fraction of sp³-hybridized carbons (Fsp3) is 0.586. The molecule has 1 heterocycles. The highest BCUT2D eigenvalue weighted by Gasteiger charge is 2.45. The maximum atomic E-state index is 12.7. The summed E-state index contributed by atoms with van der Waals surface area (Å²) < 4.78 is 53.6. The van der Waals surface area contributed by atoms with Crippen LogP contribution in [0.4, 0.5) is 17.6 Å². The van der Waals surface area contributed by atoms with Crippen molar-refractivity contribution in [2.45, 2.75) is 89.8 Å². The lowest BCUT2D eigenvalue weighted by Crippen LogP contribution is -2.21. The van der Waals surface area contributed by atoms with Crippen LogP contribution in [0.3, 0.4) is 0 Å². The Hall–Kier alpha value is -2.39. The van der Waals surface area contributed by atoms with Crippen molar-refractivity contribution in [3.05, 3.63) is 58.6 Å². The molecular formula is C29H39ClF4N2O3. The molecule has 2 aromatic rings. The topological polar surface area (TPSA) is 71.5 Å². The van der Waals surface area contributed by atoms with Gasteiger partial charge in [0.15, 0.2) is 6.61 Å². The molecule has 1 aromatic heterocycles. The third kappa shape index (κ3) is 13.0. The Kier molecular flexibility index (Phi) is 14.0. The molecule has 0 aliphatic heterocycles. The Labute approximate surface area is 233 Å². The van der Waals surface area contributed by atoms with Gasteiger partial charge in [-0.2, -0.15) is 13.2 Å². The predicted octanol–water partition coefficient (Wildman–Crippen LogP) is 8.48. The van der Waals surface area contributed by atoms with E-state index >= 15 is 0 Å². The van der Waals surface area contributed by atoms with Gasteiger partial charge in [-0.15, -0.1) is 0 Å². The second-order valence-electron chi connectivity index (χ2n) is 9.93. The van der Waals surface area contributed by atoms with E-state index in [1.807, 2.05) is 6.92 Å². The quantitative estimate of drug-likeness (QED) is 0.165. The number of rotatable bonds is 15. The maximum absolute atomic E-state index is 12.7. The van der Waals surface area contributed by atoms with Gasteiger partial charge in [0.05, 0.1) is 17.8 Å². The summed E-state index contributed by atoms with van der Waals surface area (Å²) in [6, 6.07) is 7.39. The van der Waals surface area contributed by atoms with Crippen LogP contribution in [0.25, 0.3) is 0 Å². The number of hydrogen-bond donors (Lipinski definition) is 2. The number of benzene rings is 1. The molecule has 1 fully saturated rings. The van der Waals surface area contributed by atoms with Crippen molar-refractivity contribution < 1.29 is 32.2 Å². The average molecular weight is 575 g/mol. The standard InChI is InChI=1S/C19H31F3N2O.C10H8ClFO2/c1-3-4-5-6-7-8-9-10-13-23-16(2)18-12-11-17(14-24-18)25-15-19(20,21)22;11-9-3-5(12)1-2-6(9)7-4-8(7)10(13)14/h11-12,14,16,23H,3-10,13,15H2,1-2H3;1-3,7-8H,4H2,(H,13,14)/t16-;7-,8+/m01/s1. The highest BCUT2D eigenvalue weighted by atomic mass is 35.5. The van der Waals surface area contributed by atoms with E-state index in [9.17, 15) is 22.4 Å². The van der Waals surface area contributed by atoms with Crippen molar-refractivity contribution >= 4 is 17.6 Å². The van der Waals surface area contributed by atoms with Gasteiger partial charge in [0.2, 0.25) is 0 Å². The van der Waals surface area contributed by atoms with Gasteiger partial charge in [-0.1, -0.05) is 69.5 Å². The molecule has 0 amide bonds. The van der Waals surface area contributed by atoms with Crippen LogP contribution in [0.5, 0.6) is 5.75 Å². The summed E-state index contributed by atoms with van der Waals surface area (Å²) in [6.07, 6.45) is 7.87. The summed E-state index contributed by atoms with van der Waals surface area (Å²) in [5, 5.41) is 12.4. The summed E-state index contributed by atoms with van der Waals surface area (Å²) in [6.45, 7) is 3.86. The van der Waals surface area contributed by atoms with Crippen LogP contribution in [-0.4, -0.2) is 35.4 Å². The summed E-state index contributed by atoms with van der Waals surface area (Å²) in [7, 11) is 0. The second-order valence-corrected chi connectivity index (χ2v) is 10.3. The molecule has 1 saturated carbocycles. The first-order valence-electron chi connectivity index (χ1n) is 13.6. The molecule has 2 N–H and O–H groups in total. The second kappa shape index (κ2) is 16.7. The number of unbranched alkanes of at least 4 members (excludes halogenated alkanes) is 7. The third-order valence-electron chi connectivity index (χ3n) is 6.56. The van der Waals surface area contributed by atoms with Gasteiger partial charge in [-0.25, -0.2) is 4.39 Å². The van der Waals surface area contributed by atoms with Gasteiger partial charge in [-0.05, 0) is 62.1 Å². The molecule has 39 heavy (non-hydrogen) atoms. The van der Waals surface area contributed by atoms with Crippen LogP contribution in [0.15, 0.2) is 36.5 Å². The number of alkyl halides is 3. The van der Waals surface area contributed by atoms with Crippen LogP contribution < -0.4 is 10.1 Å². The fourth-order valence-electron chi connectivity index (χ4n) is 4.19. The molecule has 0 spiro atoms. The number of carboxylic acid groups (broad SMARTS) is 1. The van der Waals surface area contributed by atoms with Crippen molar-refractivity contribution in [3.63, 3.8) is 0 Å². The summed E-state index contributed by atoms with van der Waals surface area (Å²) in [5.74, 6) is -1.46. The smallest absolute Gasteiger partial charge is 0.422 e. The minimum absolute atomic E-state index is 0.0411. The molecule has 5 nitrogen and oxygen atoms in total. The first-order valence-corrected chi connectivity index (χ1v) is 14.0. The number of pyridine rings is 1. The van der Waals surface area contributed by atoms with Gasteiger partial charge < -0.3 is 15.2 Å². The first-order chi connectivity index (χ1) is 18.5. The van der Waals surface area contributed by atoms with Crippen molar-refractivity contribution in [2.75, 3.05) is 13.2 Å². The summed E-state index contributed by atoms with van der Waals surface area (Å²) in [5.41, 5.74) is 1.54. The number of carboxylic acids is 1. The Bertz CT molecular complexity index is 1010.